The summed E-state index contributed by atoms with van der Waals surface area (Å²) in [6.45, 7) is 2.51. The van der Waals surface area contributed by atoms with Gasteiger partial charge in [0.25, 0.3) is 5.91 Å². The van der Waals surface area contributed by atoms with E-state index in [1.165, 1.54) is 10.9 Å². The lowest BCUT2D eigenvalue weighted by atomic mass is 10.2. The maximum absolute atomic E-state index is 12.4. The van der Waals surface area contributed by atoms with Crippen molar-refractivity contribution in [1.82, 2.24) is 9.78 Å². The van der Waals surface area contributed by atoms with Crippen molar-refractivity contribution >= 4 is 17.4 Å². The summed E-state index contributed by atoms with van der Waals surface area (Å²) in [4.78, 5) is 14.1. The van der Waals surface area contributed by atoms with Gasteiger partial charge < -0.3 is 10.6 Å². The molecule has 1 aromatic heterocycles. The number of para-hydroxylation sites is 1. The van der Waals surface area contributed by atoms with Crippen molar-refractivity contribution in [2.75, 3.05) is 17.2 Å². The number of carbonyl (C=O) groups is 1. The number of nitrogen functional groups attached to an aromatic ring is 1. The molecule has 2 N–H and O–H groups in total. The Morgan fingerprint density at radius 3 is 2.56 bits per heavy atom. The molecule has 0 fully saturated rings. The molecule has 2 rings (SSSR count). The molecule has 5 heteroatoms. The summed E-state index contributed by atoms with van der Waals surface area (Å²) in [7, 11) is 1.71. The minimum absolute atomic E-state index is 0.130. The molecule has 1 heterocycles. The first-order valence-electron chi connectivity index (χ1n) is 5.79. The van der Waals surface area contributed by atoms with E-state index in [1.807, 2.05) is 37.3 Å². The van der Waals surface area contributed by atoms with Gasteiger partial charge >= 0.3 is 0 Å². The number of amides is 1. The van der Waals surface area contributed by atoms with Crippen LogP contribution in [0.2, 0.25) is 0 Å². The van der Waals surface area contributed by atoms with Crippen molar-refractivity contribution < 1.29 is 4.79 Å². The number of nitrogens with two attached hydrogens (primary N) is 1. The predicted molar refractivity (Wildman–Crippen MR) is 71.4 cm³/mol. The SMILES string of the molecule is CCN(C(=O)c1cnn(C)c1N)c1ccccc1. The van der Waals surface area contributed by atoms with Crippen LogP contribution in [0.15, 0.2) is 36.5 Å². The highest BCUT2D eigenvalue weighted by Gasteiger charge is 2.20. The van der Waals surface area contributed by atoms with Gasteiger partial charge in [-0.25, -0.2) is 0 Å². The molecule has 0 bridgehead atoms. The lowest BCUT2D eigenvalue weighted by Crippen LogP contribution is -2.30. The minimum atomic E-state index is -0.130. The molecular weight excluding hydrogens is 228 g/mol. The molecule has 1 amide bonds. The molecule has 5 nitrogen and oxygen atoms in total. The van der Waals surface area contributed by atoms with Crippen LogP contribution in [0.4, 0.5) is 11.5 Å². The van der Waals surface area contributed by atoms with Gasteiger partial charge in [0, 0.05) is 19.3 Å². The Labute approximate surface area is 106 Å². The average molecular weight is 244 g/mol. The first-order chi connectivity index (χ1) is 8.65. The Kier molecular flexibility index (Phi) is 3.32. The van der Waals surface area contributed by atoms with Crippen LogP contribution in [-0.4, -0.2) is 22.2 Å². The fourth-order valence-corrected chi connectivity index (χ4v) is 1.81. The fourth-order valence-electron chi connectivity index (χ4n) is 1.81. The van der Waals surface area contributed by atoms with E-state index in [9.17, 15) is 4.79 Å². The van der Waals surface area contributed by atoms with E-state index < -0.39 is 0 Å². The second-order valence-corrected chi connectivity index (χ2v) is 3.95. The number of aromatic nitrogens is 2. The minimum Gasteiger partial charge on any atom is -0.383 e. The van der Waals surface area contributed by atoms with E-state index in [4.69, 9.17) is 5.73 Å². The second-order valence-electron chi connectivity index (χ2n) is 3.95. The van der Waals surface area contributed by atoms with Crippen molar-refractivity contribution in [3.8, 4) is 0 Å². The van der Waals surface area contributed by atoms with Gasteiger partial charge in [0.05, 0.1) is 6.20 Å². The highest BCUT2D eigenvalue weighted by Crippen LogP contribution is 2.19. The number of rotatable bonds is 3. The number of aryl methyl sites for hydroxylation is 1. The predicted octanol–water partition coefficient (Wildman–Crippen LogP) is 1.67. The zero-order valence-corrected chi connectivity index (χ0v) is 10.5. The first-order valence-corrected chi connectivity index (χ1v) is 5.79. The third-order valence-corrected chi connectivity index (χ3v) is 2.84. The molecule has 1 aromatic carbocycles. The highest BCUT2D eigenvalue weighted by molar-refractivity contribution is 6.08. The Morgan fingerprint density at radius 2 is 2.06 bits per heavy atom. The molecule has 18 heavy (non-hydrogen) atoms. The van der Waals surface area contributed by atoms with E-state index in [-0.39, 0.29) is 5.91 Å². The van der Waals surface area contributed by atoms with Crippen molar-refractivity contribution in [2.45, 2.75) is 6.92 Å². The van der Waals surface area contributed by atoms with Gasteiger partial charge in [-0.2, -0.15) is 5.10 Å². The Morgan fingerprint density at radius 1 is 1.39 bits per heavy atom. The van der Waals surface area contributed by atoms with E-state index in [1.54, 1.807) is 11.9 Å². The summed E-state index contributed by atoms with van der Waals surface area (Å²) in [6.07, 6.45) is 1.50. The molecule has 0 unspecified atom stereocenters. The number of hydrogen-bond acceptors (Lipinski definition) is 3. The maximum atomic E-state index is 12.4. The largest absolute Gasteiger partial charge is 0.383 e. The van der Waals surface area contributed by atoms with E-state index in [2.05, 4.69) is 5.10 Å². The van der Waals surface area contributed by atoms with Gasteiger partial charge in [-0.05, 0) is 19.1 Å². The van der Waals surface area contributed by atoms with Crippen molar-refractivity contribution in [3.63, 3.8) is 0 Å². The quantitative estimate of drug-likeness (QED) is 0.893. The van der Waals surface area contributed by atoms with Gasteiger partial charge in [0.1, 0.15) is 11.4 Å². The molecule has 94 valence electrons. The van der Waals surface area contributed by atoms with Gasteiger partial charge in [0.2, 0.25) is 0 Å². The molecule has 0 aliphatic rings. The van der Waals surface area contributed by atoms with Crippen molar-refractivity contribution in [1.29, 1.82) is 0 Å². The zero-order valence-electron chi connectivity index (χ0n) is 10.5. The molecule has 0 aliphatic carbocycles. The van der Waals surface area contributed by atoms with Crippen molar-refractivity contribution in [3.05, 3.63) is 42.1 Å². The topological polar surface area (TPSA) is 64.2 Å². The molecule has 0 atom stereocenters. The van der Waals surface area contributed by atoms with Crippen LogP contribution in [0.3, 0.4) is 0 Å². The van der Waals surface area contributed by atoms with Crippen LogP contribution in [0.5, 0.6) is 0 Å². The monoisotopic (exact) mass is 244 g/mol. The average Bonchev–Trinajstić information content (AvgIpc) is 2.72. The summed E-state index contributed by atoms with van der Waals surface area (Å²) >= 11 is 0. The van der Waals surface area contributed by atoms with Gasteiger partial charge in [-0.1, -0.05) is 18.2 Å². The van der Waals surface area contributed by atoms with Crippen molar-refractivity contribution in [2.24, 2.45) is 7.05 Å². The van der Waals surface area contributed by atoms with Crippen LogP contribution in [0.25, 0.3) is 0 Å². The molecule has 0 spiro atoms. The Bertz CT molecular complexity index is 547. The summed E-state index contributed by atoms with van der Waals surface area (Å²) in [5.74, 6) is 0.253. The Hall–Kier alpha value is -2.30. The Balaban J connectivity index is 2.35. The third-order valence-electron chi connectivity index (χ3n) is 2.84. The van der Waals surface area contributed by atoms with Crippen LogP contribution in [0, 0.1) is 0 Å². The second kappa shape index (κ2) is 4.91. The van der Waals surface area contributed by atoms with Crippen LogP contribution < -0.4 is 10.6 Å². The molecule has 0 saturated carbocycles. The van der Waals surface area contributed by atoms with E-state index in [0.717, 1.165) is 5.69 Å². The summed E-state index contributed by atoms with van der Waals surface area (Å²) < 4.78 is 1.49. The lowest BCUT2D eigenvalue weighted by molar-refractivity contribution is 0.0989. The van der Waals surface area contributed by atoms with Crippen LogP contribution in [0.1, 0.15) is 17.3 Å². The molecule has 0 aliphatic heterocycles. The fraction of sp³-hybridized carbons (Fsp3) is 0.231. The number of anilines is 2. The number of hydrogen-bond donors (Lipinski definition) is 1. The first kappa shape index (κ1) is 12.2. The molecular formula is C13H16N4O. The lowest BCUT2D eigenvalue weighted by Gasteiger charge is -2.20. The third kappa shape index (κ3) is 2.07. The molecule has 0 radical (unpaired) electrons. The molecule has 2 aromatic rings. The standard InChI is InChI=1S/C13H16N4O/c1-3-17(10-7-5-4-6-8-10)13(18)11-9-15-16(2)12(11)14/h4-9H,3,14H2,1-2H3. The van der Waals surface area contributed by atoms with Gasteiger partial charge in [0.15, 0.2) is 0 Å². The normalized spacial score (nSPS) is 10.3. The summed E-state index contributed by atoms with van der Waals surface area (Å²) in [5, 5.41) is 3.99. The summed E-state index contributed by atoms with van der Waals surface area (Å²) in [6, 6.07) is 9.51. The van der Waals surface area contributed by atoms with Crippen LogP contribution in [-0.2, 0) is 7.05 Å². The highest BCUT2D eigenvalue weighted by atomic mass is 16.2. The summed E-state index contributed by atoms with van der Waals surface area (Å²) in [5.41, 5.74) is 7.12. The van der Waals surface area contributed by atoms with Gasteiger partial charge in [-0.15, -0.1) is 0 Å². The number of benzene rings is 1. The zero-order chi connectivity index (χ0) is 13.1. The number of nitrogens with zero attached hydrogens (tertiary/aromatic N) is 3. The maximum Gasteiger partial charge on any atom is 0.263 e. The number of carbonyl (C=O) groups excluding carboxylic acids is 1. The van der Waals surface area contributed by atoms with Crippen LogP contribution >= 0.6 is 0 Å². The smallest absolute Gasteiger partial charge is 0.263 e. The molecule has 0 saturated heterocycles. The van der Waals surface area contributed by atoms with E-state index in [0.29, 0.717) is 17.9 Å². The van der Waals surface area contributed by atoms with E-state index >= 15 is 0 Å². The van der Waals surface area contributed by atoms with Gasteiger partial charge in [-0.3, -0.25) is 9.48 Å².